The number of nitrogens with two attached hydrogens (primary N) is 1. The molecule has 1 aliphatic rings. The molecule has 2 unspecified atom stereocenters. The molecule has 0 spiro atoms. The third-order valence-electron chi connectivity index (χ3n) is 3.64. The van der Waals surface area contributed by atoms with E-state index in [0.717, 1.165) is 25.1 Å². The number of hydrogen-bond acceptors (Lipinski definition) is 3. The van der Waals surface area contributed by atoms with Gasteiger partial charge in [-0.25, -0.2) is 4.39 Å². The predicted molar refractivity (Wildman–Crippen MR) is 77.2 cm³/mol. The van der Waals surface area contributed by atoms with Crippen molar-refractivity contribution < 1.29 is 9.13 Å². The molecule has 1 saturated heterocycles. The molecular formula is C15H23FN2O. The summed E-state index contributed by atoms with van der Waals surface area (Å²) in [6.45, 7) is 7.89. The van der Waals surface area contributed by atoms with Crippen molar-refractivity contribution in [1.82, 2.24) is 0 Å². The number of ether oxygens (including phenoxy) is 1. The van der Waals surface area contributed by atoms with Crippen molar-refractivity contribution >= 4 is 11.4 Å². The van der Waals surface area contributed by atoms with E-state index in [1.165, 1.54) is 6.07 Å². The van der Waals surface area contributed by atoms with Crippen LogP contribution in [0.4, 0.5) is 15.8 Å². The van der Waals surface area contributed by atoms with Crippen molar-refractivity contribution in [3.63, 3.8) is 0 Å². The Bertz CT molecular complexity index is 450. The van der Waals surface area contributed by atoms with Gasteiger partial charge in [-0.3, -0.25) is 0 Å². The fourth-order valence-electron chi connectivity index (χ4n) is 2.77. The summed E-state index contributed by atoms with van der Waals surface area (Å²) in [6, 6.07) is 3.55. The van der Waals surface area contributed by atoms with Gasteiger partial charge in [0.05, 0.1) is 18.0 Å². The minimum Gasteiger partial charge on any atom is -0.490 e. The van der Waals surface area contributed by atoms with Gasteiger partial charge in [0, 0.05) is 24.7 Å². The molecule has 4 heteroatoms. The molecular weight excluding hydrogens is 243 g/mol. The summed E-state index contributed by atoms with van der Waals surface area (Å²) in [6.07, 6.45) is 2.00. The fraction of sp³-hybridized carbons (Fsp3) is 0.600. The minimum absolute atomic E-state index is 0.304. The van der Waals surface area contributed by atoms with E-state index in [1.54, 1.807) is 6.07 Å². The molecule has 2 rings (SSSR count). The maximum atomic E-state index is 13.8. The monoisotopic (exact) mass is 266 g/mol. The van der Waals surface area contributed by atoms with Gasteiger partial charge in [0.15, 0.2) is 11.6 Å². The highest BCUT2D eigenvalue weighted by atomic mass is 19.1. The molecule has 2 N–H and O–H groups in total. The quantitative estimate of drug-likeness (QED) is 0.848. The van der Waals surface area contributed by atoms with Crippen LogP contribution in [0, 0.1) is 11.7 Å². The summed E-state index contributed by atoms with van der Waals surface area (Å²) in [5.74, 6) is 0.562. The van der Waals surface area contributed by atoms with E-state index in [9.17, 15) is 4.39 Å². The molecule has 1 fully saturated rings. The molecule has 0 amide bonds. The average Bonchev–Trinajstić information content (AvgIpc) is 2.67. The molecule has 1 aromatic rings. The maximum absolute atomic E-state index is 13.8. The standard InChI is InChI=1S/C15H23FN2O/c1-4-5-19-15-8-14(13(17)7-12(15)16)18-9-10(2)6-11(18)3/h7-8,10-11H,4-6,9,17H2,1-3H3. The van der Waals surface area contributed by atoms with Crippen molar-refractivity contribution in [1.29, 1.82) is 0 Å². The Morgan fingerprint density at radius 3 is 2.74 bits per heavy atom. The zero-order valence-electron chi connectivity index (χ0n) is 11.9. The summed E-state index contributed by atoms with van der Waals surface area (Å²) in [7, 11) is 0. The smallest absolute Gasteiger partial charge is 0.167 e. The SMILES string of the molecule is CCCOc1cc(N2CC(C)CC2C)c(N)cc1F. The van der Waals surface area contributed by atoms with Crippen LogP contribution in [0.1, 0.15) is 33.6 Å². The lowest BCUT2D eigenvalue weighted by Gasteiger charge is -2.26. The lowest BCUT2D eigenvalue weighted by Crippen LogP contribution is -2.27. The number of halogens is 1. The molecule has 106 valence electrons. The van der Waals surface area contributed by atoms with Gasteiger partial charge in [-0.2, -0.15) is 0 Å². The Labute approximate surface area is 114 Å². The van der Waals surface area contributed by atoms with Crippen LogP contribution < -0.4 is 15.4 Å². The van der Waals surface area contributed by atoms with E-state index >= 15 is 0 Å². The molecule has 0 bridgehead atoms. The molecule has 2 atom stereocenters. The third kappa shape index (κ3) is 2.94. The highest BCUT2D eigenvalue weighted by Crippen LogP contribution is 2.36. The van der Waals surface area contributed by atoms with E-state index in [-0.39, 0.29) is 5.82 Å². The summed E-state index contributed by atoms with van der Waals surface area (Å²) < 4.78 is 19.2. The second kappa shape index (κ2) is 5.68. The van der Waals surface area contributed by atoms with Gasteiger partial charge in [0.1, 0.15) is 0 Å². The van der Waals surface area contributed by atoms with Crippen molar-refractivity contribution in [3.8, 4) is 5.75 Å². The van der Waals surface area contributed by atoms with Crippen LogP contribution >= 0.6 is 0 Å². The van der Waals surface area contributed by atoms with Crippen LogP contribution in [-0.4, -0.2) is 19.2 Å². The molecule has 0 aliphatic carbocycles. The van der Waals surface area contributed by atoms with Crippen molar-refractivity contribution in [2.24, 2.45) is 5.92 Å². The van der Waals surface area contributed by atoms with Gasteiger partial charge < -0.3 is 15.4 Å². The van der Waals surface area contributed by atoms with Gasteiger partial charge in [-0.1, -0.05) is 13.8 Å². The lowest BCUT2D eigenvalue weighted by molar-refractivity contribution is 0.301. The Balaban J connectivity index is 2.29. The fourth-order valence-corrected chi connectivity index (χ4v) is 2.77. The average molecular weight is 266 g/mol. The highest BCUT2D eigenvalue weighted by molar-refractivity contribution is 5.70. The number of rotatable bonds is 4. The van der Waals surface area contributed by atoms with E-state index in [4.69, 9.17) is 10.5 Å². The number of benzene rings is 1. The Morgan fingerprint density at radius 1 is 1.42 bits per heavy atom. The first kappa shape index (κ1) is 14.0. The molecule has 1 aliphatic heterocycles. The Morgan fingerprint density at radius 2 is 2.16 bits per heavy atom. The number of hydrogen-bond donors (Lipinski definition) is 1. The number of nitrogens with zero attached hydrogens (tertiary/aromatic N) is 1. The van der Waals surface area contributed by atoms with Crippen molar-refractivity contribution in [2.45, 2.75) is 39.7 Å². The summed E-state index contributed by atoms with van der Waals surface area (Å²) >= 11 is 0. The van der Waals surface area contributed by atoms with Crippen LogP contribution in [0.3, 0.4) is 0 Å². The third-order valence-corrected chi connectivity index (χ3v) is 3.64. The van der Waals surface area contributed by atoms with Crippen LogP contribution in [0.15, 0.2) is 12.1 Å². The van der Waals surface area contributed by atoms with Crippen LogP contribution in [0.5, 0.6) is 5.75 Å². The molecule has 1 aromatic carbocycles. The second-order valence-electron chi connectivity index (χ2n) is 5.53. The van der Waals surface area contributed by atoms with Crippen LogP contribution in [0.25, 0.3) is 0 Å². The number of anilines is 2. The van der Waals surface area contributed by atoms with Gasteiger partial charge >= 0.3 is 0 Å². The molecule has 0 aromatic heterocycles. The number of nitrogen functional groups attached to an aromatic ring is 1. The zero-order valence-corrected chi connectivity index (χ0v) is 11.9. The van der Waals surface area contributed by atoms with Gasteiger partial charge in [-0.15, -0.1) is 0 Å². The van der Waals surface area contributed by atoms with E-state index in [2.05, 4.69) is 18.7 Å². The van der Waals surface area contributed by atoms with Crippen LogP contribution in [0.2, 0.25) is 0 Å². The van der Waals surface area contributed by atoms with Crippen molar-refractivity contribution in [2.75, 3.05) is 23.8 Å². The molecule has 19 heavy (non-hydrogen) atoms. The molecule has 1 heterocycles. The predicted octanol–water partition coefficient (Wildman–Crippen LogP) is 3.43. The zero-order chi connectivity index (χ0) is 14.0. The molecule has 0 saturated carbocycles. The Hall–Kier alpha value is -1.45. The summed E-state index contributed by atoms with van der Waals surface area (Å²) in [5, 5.41) is 0. The minimum atomic E-state index is -0.380. The highest BCUT2D eigenvalue weighted by Gasteiger charge is 2.28. The van der Waals surface area contributed by atoms with Gasteiger partial charge in [0.2, 0.25) is 0 Å². The lowest BCUT2D eigenvalue weighted by atomic mass is 10.1. The Kier molecular flexibility index (Phi) is 4.17. The summed E-state index contributed by atoms with van der Waals surface area (Å²) in [5.41, 5.74) is 7.35. The topological polar surface area (TPSA) is 38.5 Å². The molecule has 3 nitrogen and oxygen atoms in total. The first-order valence-electron chi connectivity index (χ1n) is 7.01. The van der Waals surface area contributed by atoms with E-state index in [1.807, 2.05) is 6.92 Å². The maximum Gasteiger partial charge on any atom is 0.167 e. The second-order valence-corrected chi connectivity index (χ2v) is 5.53. The molecule has 0 radical (unpaired) electrons. The first-order valence-corrected chi connectivity index (χ1v) is 7.01. The van der Waals surface area contributed by atoms with Crippen LogP contribution in [-0.2, 0) is 0 Å². The van der Waals surface area contributed by atoms with E-state index in [0.29, 0.717) is 30.0 Å². The first-order chi connectivity index (χ1) is 9.02. The van der Waals surface area contributed by atoms with Gasteiger partial charge in [-0.05, 0) is 25.7 Å². The van der Waals surface area contributed by atoms with Gasteiger partial charge in [0.25, 0.3) is 0 Å². The largest absolute Gasteiger partial charge is 0.490 e. The summed E-state index contributed by atoms with van der Waals surface area (Å²) in [4.78, 5) is 2.25. The van der Waals surface area contributed by atoms with Crippen molar-refractivity contribution in [3.05, 3.63) is 17.9 Å². The van der Waals surface area contributed by atoms with E-state index < -0.39 is 0 Å². The normalized spacial score (nSPS) is 22.8.